The molecule has 2 aromatic carbocycles. The summed E-state index contributed by atoms with van der Waals surface area (Å²) in [4.78, 5) is 21.4. The highest BCUT2D eigenvalue weighted by Crippen LogP contribution is 2.18. The summed E-state index contributed by atoms with van der Waals surface area (Å²) >= 11 is 0. The number of carbonyl (C=O) groups excluding carboxylic acids is 1. The number of methoxy groups -OCH3 is 1. The Morgan fingerprint density at radius 2 is 1.72 bits per heavy atom. The summed E-state index contributed by atoms with van der Waals surface area (Å²) in [5, 5.41) is 6.07. The molecule has 0 atom stereocenters. The van der Waals surface area contributed by atoms with Crippen molar-refractivity contribution in [2.75, 3.05) is 17.7 Å². The fourth-order valence-corrected chi connectivity index (χ4v) is 2.83. The molecule has 1 amide bonds. The van der Waals surface area contributed by atoms with Crippen molar-refractivity contribution in [3.05, 3.63) is 77.1 Å². The first-order valence-corrected chi connectivity index (χ1v) is 9.58. The minimum Gasteiger partial charge on any atom is -0.497 e. The van der Waals surface area contributed by atoms with Crippen molar-refractivity contribution >= 4 is 17.5 Å². The van der Waals surface area contributed by atoms with Crippen LogP contribution in [0, 0.1) is 6.92 Å². The van der Waals surface area contributed by atoms with Crippen molar-refractivity contribution in [1.82, 2.24) is 9.97 Å². The van der Waals surface area contributed by atoms with E-state index in [1.54, 1.807) is 13.2 Å². The molecule has 1 aromatic heterocycles. The fourth-order valence-electron chi connectivity index (χ4n) is 2.83. The second-order valence-corrected chi connectivity index (χ2v) is 7.15. The first kappa shape index (κ1) is 20.3. The predicted octanol–water partition coefficient (Wildman–Crippen LogP) is 4.78. The van der Waals surface area contributed by atoms with Crippen molar-refractivity contribution in [3.63, 3.8) is 0 Å². The third-order valence-electron chi connectivity index (χ3n) is 4.53. The van der Waals surface area contributed by atoms with E-state index in [-0.39, 0.29) is 5.91 Å². The van der Waals surface area contributed by atoms with E-state index in [0.717, 1.165) is 22.7 Å². The van der Waals surface area contributed by atoms with Gasteiger partial charge in [-0.05, 0) is 54.3 Å². The molecule has 1 heterocycles. The number of carbonyl (C=O) groups is 1. The Bertz CT molecular complexity index is 967. The van der Waals surface area contributed by atoms with Gasteiger partial charge in [0, 0.05) is 17.9 Å². The maximum absolute atomic E-state index is 12.6. The van der Waals surface area contributed by atoms with Crippen molar-refractivity contribution in [1.29, 1.82) is 0 Å². The van der Waals surface area contributed by atoms with Crippen LogP contribution in [0.2, 0.25) is 0 Å². The summed E-state index contributed by atoms with van der Waals surface area (Å²) in [5.74, 6) is 1.41. The minimum atomic E-state index is -0.264. The third kappa shape index (κ3) is 5.54. The normalized spacial score (nSPS) is 10.7. The predicted molar refractivity (Wildman–Crippen MR) is 116 cm³/mol. The van der Waals surface area contributed by atoms with Gasteiger partial charge in [0.05, 0.1) is 7.11 Å². The fraction of sp³-hybridized carbons (Fsp3) is 0.261. The van der Waals surface area contributed by atoms with Crippen LogP contribution < -0.4 is 15.4 Å². The van der Waals surface area contributed by atoms with Gasteiger partial charge in [-0.1, -0.05) is 38.1 Å². The lowest BCUT2D eigenvalue weighted by Crippen LogP contribution is -2.16. The molecule has 0 bridgehead atoms. The van der Waals surface area contributed by atoms with Crippen LogP contribution in [0.3, 0.4) is 0 Å². The van der Waals surface area contributed by atoms with E-state index in [9.17, 15) is 4.79 Å². The second kappa shape index (κ2) is 9.19. The zero-order valence-electron chi connectivity index (χ0n) is 17.2. The standard InChI is InChI=1S/C23H26N4O2/c1-15(2)18-7-9-19(10-8-18)26-22(28)21-13-16(3)25-23(27-21)24-14-17-5-11-20(29-4)12-6-17/h5-13,15H,14H2,1-4H3,(H,26,28)(H,24,25,27). The average molecular weight is 390 g/mol. The van der Waals surface area contributed by atoms with Crippen LogP contribution in [0.1, 0.15) is 47.1 Å². The SMILES string of the molecule is COc1ccc(CNc2nc(C)cc(C(=O)Nc3ccc(C(C)C)cc3)n2)cc1. The number of hydrogen-bond donors (Lipinski definition) is 2. The number of nitrogens with one attached hydrogen (secondary N) is 2. The number of ether oxygens (including phenoxy) is 1. The van der Waals surface area contributed by atoms with E-state index < -0.39 is 0 Å². The third-order valence-corrected chi connectivity index (χ3v) is 4.53. The zero-order valence-corrected chi connectivity index (χ0v) is 17.2. The van der Waals surface area contributed by atoms with Gasteiger partial charge in [0.1, 0.15) is 11.4 Å². The molecule has 0 radical (unpaired) electrons. The summed E-state index contributed by atoms with van der Waals surface area (Å²) < 4.78 is 5.17. The zero-order chi connectivity index (χ0) is 20.8. The summed E-state index contributed by atoms with van der Waals surface area (Å²) in [6.07, 6.45) is 0. The van der Waals surface area contributed by atoms with Gasteiger partial charge in [0.15, 0.2) is 0 Å². The van der Waals surface area contributed by atoms with Crippen molar-refractivity contribution in [2.45, 2.75) is 33.2 Å². The lowest BCUT2D eigenvalue weighted by molar-refractivity contribution is 0.102. The van der Waals surface area contributed by atoms with Crippen LogP contribution in [0.25, 0.3) is 0 Å². The average Bonchev–Trinajstić information content (AvgIpc) is 2.72. The Hall–Kier alpha value is -3.41. The number of hydrogen-bond acceptors (Lipinski definition) is 5. The number of aromatic nitrogens is 2. The number of aryl methyl sites for hydroxylation is 1. The topological polar surface area (TPSA) is 76.1 Å². The van der Waals surface area contributed by atoms with Crippen LogP contribution in [0.4, 0.5) is 11.6 Å². The molecule has 0 spiro atoms. The van der Waals surface area contributed by atoms with Crippen LogP contribution in [0.5, 0.6) is 5.75 Å². The van der Waals surface area contributed by atoms with E-state index in [2.05, 4.69) is 34.4 Å². The van der Waals surface area contributed by atoms with Crippen LogP contribution in [0.15, 0.2) is 54.6 Å². The molecule has 2 N–H and O–H groups in total. The highest BCUT2D eigenvalue weighted by molar-refractivity contribution is 6.03. The van der Waals surface area contributed by atoms with Crippen LogP contribution in [-0.4, -0.2) is 23.0 Å². The van der Waals surface area contributed by atoms with Gasteiger partial charge in [-0.15, -0.1) is 0 Å². The Labute approximate surface area is 171 Å². The van der Waals surface area contributed by atoms with E-state index in [1.165, 1.54) is 5.56 Å². The summed E-state index contributed by atoms with van der Waals surface area (Å²) in [6.45, 7) is 6.66. The van der Waals surface area contributed by atoms with Crippen molar-refractivity contribution in [2.24, 2.45) is 0 Å². The Kier molecular flexibility index (Phi) is 6.44. The quantitative estimate of drug-likeness (QED) is 0.607. The lowest BCUT2D eigenvalue weighted by atomic mass is 10.0. The smallest absolute Gasteiger partial charge is 0.274 e. The van der Waals surface area contributed by atoms with Crippen molar-refractivity contribution in [3.8, 4) is 5.75 Å². The van der Waals surface area contributed by atoms with Gasteiger partial charge < -0.3 is 15.4 Å². The molecule has 0 unspecified atom stereocenters. The molecule has 150 valence electrons. The number of rotatable bonds is 7. The molecule has 0 fully saturated rings. The maximum atomic E-state index is 12.6. The maximum Gasteiger partial charge on any atom is 0.274 e. The number of anilines is 2. The monoisotopic (exact) mass is 390 g/mol. The van der Waals surface area contributed by atoms with Crippen molar-refractivity contribution < 1.29 is 9.53 Å². The van der Waals surface area contributed by atoms with Gasteiger partial charge in [-0.3, -0.25) is 4.79 Å². The summed E-state index contributed by atoms with van der Waals surface area (Å²) in [5.41, 5.74) is 4.07. The van der Waals surface area contributed by atoms with E-state index in [4.69, 9.17) is 4.74 Å². The summed E-state index contributed by atoms with van der Waals surface area (Å²) in [6, 6.07) is 17.3. The molecule has 3 rings (SSSR count). The first-order chi connectivity index (χ1) is 13.9. The second-order valence-electron chi connectivity index (χ2n) is 7.15. The van der Waals surface area contributed by atoms with E-state index >= 15 is 0 Å². The highest BCUT2D eigenvalue weighted by atomic mass is 16.5. The van der Waals surface area contributed by atoms with Gasteiger partial charge in [-0.25, -0.2) is 9.97 Å². The molecule has 6 heteroatoms. The molecule has 0 aliphatic heterocycles. The van der Waals surface area contributed by atoms with Gasteiger partial charge >= 0.3 is 0 Å². The van der Waals surface area contributed by atoms with Gasteiger partial charge in [0.25, 0.3) is 5.91 Å². The van der Waals surface area contributed by atoms with E-state index in [1.807, 2.05) is 55.5 Å². The molecular weight excluding hydrogens is 364 g/mol. The largest absolute Gasteiger partial charge is 0.497 e. The Balaban J connectivity index is 1.67. The molecule has 3 aromatic rings. The molecule has 0 saturated heterocycles. The number of nitrogens with zero attached hydrogens (tertiary/aromatic N) is 2. The minimum absolute atomic E-state index is 0.264. The van der Waals surface area contributed by atoms with Crippen LogP contribution >= 0.6 is 0 Å². The van der Waals surface area contributed by atoms with Gasteiger partial charge in [0.2, 0.25) is 5.95 Å². The molecular formula is C23H26N4O2. The first-order valence-electron chi connectivity index (χ1n) is 9.58. The van der Waals surface area contributed by atoms with Gasteiger partial charge in [-0.2, -0.15) is 0 Å². The number of amides is 1. The molecule has 0 saturated carbocycles. The number of benzene rings is 2. The Morgan fingerprint density at radius 1 is 1.03 bits per heavy atom. The molecule has 29 heavy (non-hydrogen) atoms. The molecule has 6 nitrogen and oxygen atoms in total. The molecule has 0 aliphatic carbocycles. The summed E-state index contributed by atoms with van der Waals surface area (Å²) in [7, 11) is 1.64. The highest BCUT2D eigenvalue weighted by Gasteiger charge is 2.11. The van der Waals surface area contributed by atoms with Crippen LogP contribution in [-0.2, 0) is 6.54 Å². The lowest BCUT2D eigenvalue weighted by Gasteiger charge is -2.10. The van der Waals surface area contributed by atoms with E-state index in [0.29, 0.717) is 24.1 Å². The molecule has 0 aliphatic rings. The Morgan fingerprint density at radius 3 is 2.34 bits per heavy atom.